The zero-order chi connectivity index (χ0) is 38.9. The van der Waals surface area contributed by atoms with Gasteiger partial charge >= 0.3 is 12.2 Å². The van der Waals surface area contributed by atoms with E-state index in [0.29, 0.717) is 50.2 Å². The number of anilines is 1. The molecule has 0 unspecified atom stereocenters. The molecule has 0 atom stereocenters. The molecule has 4 heterocycles. The molecule has 53 heavy (non-hydrogen) atoms. The van der Waals surface area contributed by atoms with E-state index in [4.69, 9.17) is 15.2 Å². The molecule has 14 nitrogen and oxygen atoms in total. The molecule has 2 saturated heterocycles. The fourth-order valence-corrected chi connectivity index (χ4v) is 6.02. The fraction of sp³-hybridized carbons (Fsp3) is 0.538. The number of nitrogens with zero attached hydrogens (tertiary/aromatic N) is 6. The van der Waals surface area contributed by atoms with Gasteiger partial charge in [-0.1, -0.05) is 44.2 Å². The molecule has 0 bridgehead atoms. The number of benzene rings is 2. The van der Waals surface area contributed by atoms with E-state index >= 15 is 0 Å². The highest BCUT2D eigenvalue weighted by atomic mass is 16.6. The van der Waals surface area contributed by atoms with Crippen molar-refractivity contribution in [3.63, 3.8) is 0 Å². The Labute approximate surface area is 313 Å². The number of hydrogen-bond donors (Lipinski definition) is 2. The van der Waals surface area contributed by atoms with E-state index in [-0.39, 0.29) is 47.7 Å². The van der Waals surface area contributed by atoms with Gasteiger partial charge in [-0.2, -0.15) is 0 Å². The van der Waals surface area contributed by atoms with Crippen LogP contribution in [0.4, 0.5) is 15.5 Å². The van der Waals surface area contributed by atoms with Crippen molar-refractivity contribution in [3.8, 4) is 0 Å². The van der Waals surface area contributed by atoms with E-state index in [0.717, 1.165) is 42.9 Å². The van der Waals surface area contributed by atoms with Crippen molar-refractivity contribution >= 4 is 40.9 Å². The topological polar surface area (TPSA) is 164 Å². The summed E-state index contributed by atoms with van der Waals surface area (Å²) in [6.07, 6.45) is -0.402. The third-order valence-electron chi connectivity index (χ3n) is 8.52. The van der Waals surface area contributed by atoms with Gasteiger partial charge in [0.25, 0.3) is 5.91 Å². The maximum Gasteiger partial charge on any atom is 0.410 e. The van der Waals surface area contributed by atoms with Crippen LogP contribution in [0.25, 0.3) is 10.9 Å². The third kappa shape index (κ3) is 11.5. The lowest BCUT2D eigenvalue weighted by Crippen LogP contribution is -2.52. The second-order valence-electron chi connectivity index (χ2n) is 15.0. The van der Waals surface area contributed by atoms with Crippen LogP contribution in [0, 0.1) is 0 Å². The Morgan fingerprint density at radius 2 is 1.23 bits per heavy atom. The van der Waals surface area contributed by atoms with Crippen molar-refractivity contribution in [2.24, 2.45) is 0 Å². The molecular formula is C39H56N8O6. The number of ether oxygens (including phenoxy) is 2. The van der Waals surface area contributed by atoms with Crippen molar-refractivity contribution in [1.82, 2.24) is 34.9 Å². The Morgan fingerprint density at radius 3 is 1.75 bits per heavy atom. The molecule has 288 valence electrons. The fourth-order valence-electron chi connectivity index (χ4n) is 6.02. The first-order valence-electron chi connectivity index (χ1n) is 18.4. The summed E-state index contributed by atoms with van der Waals surface area (Å²) in [5.74, 6) is -0.237. The molecule has 14 heteroatoms. The van der Waals surface area contributed by atoms with Crippen LogP contribution in [0.1, 0.15) is 82.6 Å². The van der Waals surface area contributed by atoms with Crippen molar-refractivity contribution < 1.29 is 28.7 Å². The molecule has 1 aromatic heterocycles. The van der Waals surface area contributed by atoms with Gasteiger partial charge in [0, 0.05) is 70.8 Å². The van der Waals surface area contributed by atoms with Gasteiger partial charge in [-0.05, 0) is 70.4 Å². The maximum absolute atomic E-state index is 13.5. The normalized spacial score (nSPS) is 15.8. The molecule has 3 aliphatic rings. The van der Waals surface area contributed by atoms with Crippen LogP contribution >= 0.6 is 0 Å². The average Bonchev–Trinajstić information content (AvgIpc) is 3.56. The number of fused-ring (bicyclic) bond motifs is 2. The number of nitrogens with two attached hydrogens (primary N) is 1. The van der Waals surface area contributed by atoms with Crippen molar-refractivity contribution in [2.45, 2.75) is 86.1 Å². The summed E-state index contributed by atoms with van der Waals surface area (Å²) >= 11 is 0. The van der Waals surface area contributed by atoms with Gasteiger partial charge in [-0.3, -0.25) is 9.59 Å². The zero-order valence-electron chi connectivity index (χ0n) is 32.5. The van der Waals surface area contributed by atoms with Gasteiger partial charge in [0.2, 0.25) is 11.9 Å². The highest BCUT2D eigenvalue weighted by Crippen LogP contribution is 2.27. The second-order valence-corrected chi connectivity index (χ2v) is 15.0. The lowest BCUT2D eigenvalue weighted by molar-refractivity contribution is -0.132. The van der Waals surface area contributed by atoms with Crippen LogP contribution in [0.3, 0.4) is 0 Å². The third-order valence-corrected chi connectivity index (χ3v) is 8.52. The smallest absolute Gasteiger partial charge is 0.410 e. The number of hydrogen-bond acceptors (Lipinski definition) is 10. The number of carbonyl (C=O) groups excluding carboxylic acids is 4. The molecule has 3 N–H and O–H groups in total. The number of rotatable bonds is 3. The highest BCUT2D eigenvalue weighted by molar-refractivity contribution is 6.05. The quantitative estimate of drug-likeness (QED) is 0.381. The number of aromatic nitrogens is 2. The van der Waals surface area contributed by atoms with Gasteiger partial charge in [0.1, 0.15) is 16.9 Å². The molecule has 3 aliphatic heterocycles. The van der Waals surface area contributed by atoms with Crippen LogP contribution < -0.4 is 11.1 Å². The van der Waals surface area contributed by atoms with Gasteiger partial charge in [-0.25, -0.2) is 19.6 Å². The molecule has 3 aromatic rings. The SMILES string of the molecule is CC.CC(C)(C)OC(=O)N1CCN(C(=O)Cc2ccc3nc(N)nc(C(=O)N4Cc5ccccc5C4)c3c2)CC1.CC(C)(C)OC(=O)N1CCNCC1. The van der Waals surface area contributed by atoms with Crippen molar-refractivity contribution in [1.29, 1.82) is 0 Å². The Kier molecular flexibility index (Phi) is 13.6. The minimum absolute atomic E-state index is 0.0317. The largest absolute Gasteiger partial charge is 0.444 e. The highest BCUT2D eigenvalue weighted by Gasteiger charge is 2.29. The van der Waals surface area contributed by atoms with Crippen LogP contribution in [-0.4, -0.2) is 117 Å². The van der Waals surface area contributed by atoms with Gasteiger partial charge in [0.05, 0.1) is 11.9 Å². The number of amides is 4. The molecule has 2 aromatic carbocycles. The van der Waals surface area contributed by atoms with E-state index in [9.17, 15) is 19.2 Å². The van der Waals surface area contributed by atoms with E-state index in [1.54, 1.807) is 31.7 Å². The zero-order valence-corrected chi connectivity index (χ0v) is 32.5. The molecule has 6 rings (SSSR count). The Hall–Kier alpha value is -4.98. The van der Waals surface area contributed by atoms with Crippen LogP contribution in [0.15, 0.2) is 42.5 Å². The van der Waals surface area contributed by atoms with Crippen LogP contribution in [0.5, 0.6) is 0 Å². The number of nitrogens with one attached hydrogen (secondary N) is 1. The summed E-state index contributed by atoms with van der Waals surface area (Å²) in [5.41, 5.74) is 8.77. The minimum atomic E-state index is -0.562. The average molecular weight is 733 g/mol. The molecular weight excluding hydrogens is 676 g/mol. The summed E-state index contributed by atoms with van der Waals surface area (Å²) in [7, 11) is 0. The first kappa shape index (κ1) is 40.8. The number of carbonyl (C=O) groups is 4. The predicted octanol–water partition coefficient (Wildman–Crippen LogP) is 4.84. The first-order chi connectivity index (χ1) is 25.1. The van der Waals surface area contributed by atoms with Crippen molar-refractivity contribution in [2.75, 3.05) is 58.1 Å². The summed E-state index contributed by atoms with van der Waals surface area (Å²) in [5, 5.41) is 3.75. The summed E-state index contributed by atoms with van der Waals surface area (Å²) in [6, 6.07) is 13.4. The summed E-state index contributed by atoms with van der Waals surface area (Å²) in [4.78, 5) is 65.8. The monoisotopic (exact) mass is 732 g/mol. The Morgan fingerprint density at radius 1 is 0.717 bits per heavy atom. The predicted molar refractivity (Wildman–Crippen MR) is 204 cm³/mol. The Balaban J connectivity index is 0.000000352. The Bertz CT molecular complexity index is 1730. The van der Waals surface area contributed by atoms with Gasteiger partial charge < -0.3 is 40.1 Å². The number of piperazine rings is 2. The second kappa shape index (κ2) is 17.7. The van der Waals surface area contributed by atoms with Gasteiger partial charge in [0.15, 0.2) is 0 Å². The van der Waals surface area contributed by atoms with E-state index in [2.05, 4.69) is 15.3 Å². The maximum atomic E-state index is 13.5. The molecule has 0 radical (unpaired) electrons. The molecule has 2 fully saturated rings. The van der Waals surface area contributed by atoms with E-state index in [1.807, 2.05) is 85.7 Å². The lowest BCUT2D eigenvalue weighted by Gasteiger charge is -2.35. The minimum Gasteiger partial charge on any atom is -0.444 e. The molecule has 0 saturated carbocycles. The van der Waals surface area contributed by atoms with Gasteiger partial charge in [-0.15, -0.1) is 0 Å². The molecule has 0 aliphatic carbocycles. The number of nitrogen functional groups attached to an aromatic ring is 1. The summed E-state index contributed by atoms with van der Waals surface area (Å²) < 4.78 is 10.7. The molecule has 4 amide bonds. The first-order valence-corrected chi connectivity index (χ1v) is 18.4. The van der Waals surface area contributed by atoms with Crippen LogP contribution in [0.2, 0.25) is 0 Å². The van der Waals surface area contributed by atoms with Crippen LogP contribution in [-0.2, 0) is 33.8 Å². The van der Waals surface area contributed by atoms with Crippen molar-refractivity contribution in [3.05, 3.63) is 64.8 Å². The standard InChI is InChI=1S/C28H32N6O4.C9H18N2O2.C2H6/c1-28(2,3)38-27(37)33-12-10-32(11-13-33)23(35)15-18-8-9-22-21(14-18)24(31-26(29)30-22)25(36)34-16-19-6-4-5-7-20(19)17-34;1-9(2,3)13-8(12)11-6-4-10-5-7-11;1-2/h4-9,14H,10-13,15-17H2,1-3H3,(H2,29,30,31);10H,4-7H2,1-3H3;1-2H3. The summed E-state index contributed by atoms with van der Waals surface area (Å²) in [6.45, 7) is 21.1. The van der Waals surface area contributed by atoms with E-state index < -0.39 is 5.60 Å². The van der Waals surface area contributed by atoms with E-state index in [1.165, 1.54) is 0 Å². The molecule has 0 spiro atoms. The lowest BCUT2D eigenvalue weighted by atomic mass is 10.1.